The zero-order valence-corrected chi connectivity index (χ0v) is 11.9. The monoisotopic (exact) mass is 366 g/mol. The summed E-state index contributed by atoms with van der Waals surface area (Å²) >= 11 is 2.94. The Kier molecular flexibility index (Phi) is 64.1. The zero-order chi connectivity index (χ0) is 5.58. The first-order chi connectivity index (χ1) is 2.73. The van der Waals surface area contributed by atoms with Gasteiger partial charge in [-0.2, -0.15) is 0 Å². The molecule has 41 valence electrons. The fourth-order valence-electron chi connectivity index (χ4n) is 0. The molecular formula is CBaCuO4Y+3. The number of carbonyl (C=O) groups is 1. The number of carbonyl (C=O) groups excluding carboxylic acids is 1. The van der Waals surface area contributed by atoms with Gasteiger partial charge in [-0.3, -0.25) is 0 Å². The molecule has 0 saturated heterocycles. The van der Waals surface area contributed by atoms with Gasteiger partial charge in [-0.25, -0.2) is 0 Å². The molecule has 8 heavy (non-hydrogen) atoms. The van der Waals surface area contributed by atoms with Crippen molar-refractivity contribution in [1.82, 2.24) is 0 Å². The average Bonchev–Trinajstić information content (AvgIpc) is 1.41. The molecule has 0 fully saturated rings. The first-order valence-electron chi connectivity index (χ1n) is 0.735. The van der Waals surface area contributed by atoms with Crippen LogP contribution in [0.1, 0.15) is 0 Å². The minimum absolute atomic E-state index is 0. The Hall–Kier alpha value is 2.26. The minimum Gasteiger partial charge on any atom is 3.00 e. The SMILES string of the molecule is O=C([O-])[O-].[Ba+2].[O]=[Cu].[Y+3]. The van der Waals surface area contributed by atoms with Crippen LogP contribution < -0.4 is 10.2 Å². The van der Waals surface area contributed by atoms with Crippen LogP contribution in [0.4, 0.5) is 4.79 Å². The third-order valence-corrected chi connectivity index (χ3v) is 0. The molecule has 0 N–H and O–H groups in total. The Morgan fingerprint density at radius 1 is 1.25 bits per heavy atom. The molecule has 0 rings (SSSR count). The predicted octanol–water partition coefficient (Wildman–Crippen LogP) is -2.95. The third kappa shape index (κ3) is 85.0. The molecule has 0 unspecified atom stereocenters. The van der Waals surface area contributed by atoms with Crippen molar-refractivity contribution in [3.63, 3.8) is 0 Å². The Morgan fingerprint density at radius 3 is 1.25 bits per heavy atom. The summed E-state index contributed by atoms with van der Waals surface area (Å²) in [4.78, 5) is 8.33. The van der Waals surface area contributed by atoms with E-state index in [2.05, 4.69) is 15.9 Å². The second-order valence-corrected chi connectivity index (χ2v) is 0.250. The second kappa shape index (κ2) is 22.8. The molecule has 0 aliphatic carbocycles. The van der Waals surface area contributed by atoms with Crippen LogP contribution in [0, 0.1) is 0 Å². The van der Waals surface area contributed by atoms with Gasteiger partial charge >= 0.3 is 101 Å². The molecule has 0 aromatic heterocycles. The van der Waals surface area contributed by atoms with E-state index in [1.54, 1.807) is 0 Å². The molecule has 0 heterocycles. The summed E-state index contributed by atoms with van der Waals surface area (Å²) in [6.07, 6.45) is -2.33. The van der Waals surface area contributed by atoms with Crippen molar-refractivity contribution in [2.75, 3.05) is 0 Å². The molecule has 0 atom stereocenters. The van der Waals surface area contributed by atoms with Crippen molar-refractivity contribution in [1.29, 1.82) is 0 Å². The van der Waals surface area contributed by atoms with Gasteiger partial charge in [-0.05, 0) is 6.16 Å². The van der Waals surface area contributed by atoms with Crippen LogP contribution in [-0.4, -0.2) is 55.0 Å². The third-order valence-electron chi connectivity index (χ3n) is 0. The van der Waals surface area contributed by atoms with E-state index in [1.807, 2.05) is 0 Å². The molecule has 0 spiro atoms. The van der Waals surface area contributed by atoms with Gasteiger partial charge in [0, 0.05) is 0 Å². The van der Waals surface area contributed by atoms with E-state index in [0.717, 1.165) is 0 Å². The van der Waals surface area contributed by atoms with E-state index < -0.39 is 6.16 Å². The second-order valence-electron chi connectivity index (χ2n) is 0.250. The fourth-order valence-corrected chi connectivity index (χ4v) is 0. The van der Waals surface area contributed by atoms with E-state index in [0.29, 0.717) is 0 Å². The maximum Gasteiger partial charge on any atom is 3.00 e. The van der Waals surface area contributed by atoms with Gasteiger partial charge in [0.05, 0.1) is 0 Å². The van der Waals surface area contributed by atoms with E-state index in [4.69, 9.17) is 18.8 Å². The first kappa shape index (κ1) is 22.4. The van der Waals surface area contributed by atoms with E-state index in [-0.39, 0.29) is 81.6 Å². The van der Waals surface area contributed by atoms with Gasteiger partial charge in [0.15, 0.2) is 0 Å². The standard InChI is InChI=1S/CH2O3.Ba.Cu.O.Y/c2-1(3)4;;;;/h(H2,2,3,4);;;;/q;+2;;;+3/p-2. The van der Waals surface area contributed by atoms with Gasteiger partial charge in [0.1, 0.15) is 0 Å². The summed E-state index contributed by atoms with van der Waals surface area (Å²) in [5.74, 6) is 0. The van der Waals surface area contributed by atoms with Crippen LogP contribution in [0.15, 0.2) is 0 Å². The van der Waals surface area contributed by atoms with Crippen molar-refractivity contribution in [2.24, 2.45) is 0 Å². The number of hydrogen-bond acceptors (Lipinski definition) is 4. The van der Waals surface area contributed by atoms with Gasteiger partial charge in [-0.1, -0.05) is 0 Å². The zero-order valence-electron chi connectivity index (χ0n) is 3.72. The van der Waals surface area contributed by atoms with Gasteiger partial charge in [-0.15, -0.1) is 0 Å². The van der Waals surface area contributed by atoms with Crippen LogP contribution in [0.3, 0.4) is 0 Å². The van der Waals surface area contributed by atoms with Crippen molar-refractivity contribution in [2.45, 2.75) is 0 Å². The first-order valence-corrected chi connectivity index (χ1v) is 1.12. The fraction of sp³-hybridized carbons (Fsp3) is 0. The molecule has 0 aliphatic rings. The molecular weight excluding hydrogens is 366 g/mol. The molecule has 0 saturated carbocycles. The summed E-state index contributed by atoms with van der Waals surface area (Å²) in [7, 11) is 0. The quantitative estimate of drug-likeness (QED) is 0.430. The number of carboxylic acid groups (broad SMARTS) is 2. The summed E-state index contributed by atoms with van der Waals surface area (Å²) < 4.78 is 7.81. The average molecular weight is 366 g/mol. The van der Waals surface area contributed by atoms with Gasteiger partial charge in [0.2, 0.25) is 0 Å². The Bertz CT molecular complexity index is 47.3. The Balaban J connectivity index is -0.0000000183. The van der Waals surface area contributed by atoms with Gasteiger partial charge < -0.3 is 15.0 Å². The number of rotatable bonds is 0. The molecule has 0 amide bonds. The Morgan fingerprint density at radius 2 is 1.25 bits per heavy atom. The van der Waals surface area contributed by atoms with Crippen molar-refractivity contribution in [3.8, 4) is 0 Å². The van der Waals surface area contributed by atoms with Crippen molar-refractivity contribution < 1.29 is 67.5 Å². The molecule has 4 nitrogen and oxygen atoms in total. The summed E-state index contributed by atoms with van der Waals surface area (Å²) in [6, 6.07) is 0. The van der Waals surface area contributed by atoms with Crippen LogP contribution in [-0.2, 0) is 52.5 Å². The molecule has 0 aliphatic heterocycles. The maximum atomic E-state index is 8.33. The van der Waals surface area contributed by atoms with E-state index in [9.17, 15) is 0 Å². The van der Waals surface area contributed by atoms with Crippen LogP contribution in [0.5, 0.6) is 0 Å². The topological polar surface area (TPSA) is 80.3 Å². The van der Waals surface area contributed by atoms with Crippen LogP contribution >= 0.6 is 0 Å². The molecule has 0 aromatic rings. The Labute approximate surface area is 120 Å². The minimum atomic E-state index is -2.33. The van der Waals surface area contributed by atoms with Crippen molar-refractivity contribution in [3.05, 3.63) is 0 Å². The summed E-state index contributed by atoms with van der Waals surface area (Å²) in [6.45, 7) is 0. The normalized spacial score (nSPS) is 3.75. The summed E-state index contributed by atoms with van der Waals surface area (Å²) in [5.41, 5.74) is 0. The number of hydrogen-bond donors (Lipinski definition) is 0. The molecule has 0 aromatic carbocycles. The van der Waals surface area contributed by atoms with Crippen LogP contribution in [0.25, 0.3) is 0 Å². The maximum absolute atomic E-state index is 8.33. The van der Waals surface area contributed by atoms with E-state index >= 15 is 0 Å². The van der Waals surface area contributed by atoms with Crippen LogP contribution in [0.2, 0.25) is 0 Å². The predicted molar refractivity (Wildman–Crippen MR) is 11.8 cm³/mol. The smallest absolute Gasteiger partial charge is 3.00 e. The molecule has 0 radical (unpaired) electrons. The van der Waals surface area contributed by atoms with Gasteiger partial charge in [0.25, 0.3) is 0 Å². The molecule has 0 bridgehead atoms. The summed E-state index contributed by atoms with van der Waals surface area (Å²) in [5, 5.41) is 16.7. The molecule has 7 heteroatoms. The van der Waals surface area contributed by atoms with E-state index in [1.165, 1.54) is 0 Å². The van der Waals surface area contributed by atoms with Crippen molar-refractivity contribution >= 4 is 55.0 Å². The largest absolute Gasteiger partial charge is 3.00 e.